The number of carbonyl (C=O) groups is 2. The van der Waals surface area contributed by atoms with Crippen LogP contribution in [0.4, 0.5) is 0 Å². The number of ether oxygens (including phenoxy) is 1. The van der Waals surface area contributed by atoms with Gasteiger partial charge in [-0.1, -0.05) is 37.6 Å². The van der Waals surface area contributed by atoms with Crippen molar-refractivity contribution in [1.82, 2.24) is 24.0 Å². The number of esters is 1. The zero-order valence-corrected chi connectivity index (χ0v) is 19.4. The first-order chi connectivity index (χ1) is 16.3. The SMILES string of the molecule is CCCCn1c(=O)[nH]c(=O)c2c1nc(COC(=O)CC1c3ccccc3C=CN1C(C)=O)n2C. The normalized spacial score (nSPS) is 14.9. The molecule has 4 rings (SSSR count). The lowest BCUT2D eigenvalue weighted by atomic mass is 9.94. The van der Waals surface area contributed by atoms with Crippen LogP contribution >= 0.6 is 0 Å². The van der Waals surface area contributed by atoms with Gasteiger partial charge in [0, 0.05) is 26.7 Å². The maximum Gasteiger partial charge on any atom is 0.330 e. The maximum absolute atomic E-state index is 12.8. The number of benzene rings is 1. The number of aryl methyl sites for hydroxylation is 2. The van der Waals surface area contributed by atoms with E-state index in [2.05, 4.69) is 9.97 Å². The Morgan fingerprint density at radius 2 is 1.97 bits per heavy atom. The lowest BCUT2D eigenvalue weighted by Crippen LogP contribution is -2.32. The topological polar surface area (TPSA) is 119 Å². The highest BCUT2D eigenvalue weighted by molar-refractivity contribution is 5.80. The van der Waals surface area contributed by atoms with Crippen molar-refractivity contribution < 1.29 is 14.3 Å². The van der Waals surface area contributed by atoms with Crippen LogP contribution in [0.3, 0.4) is 0 Å². The van der Waals surface area contributed by atoms with E-state index < -0.39 is 23.3 Å². The molecule has 0 saturated carbocycles. The number of unbranched alkanes of at least 4 members (excludes halogenated alkanes) is 1. The van der Waals surface area contributed by atoms with Crippen molar-refractivity contribution in [3.05, 3.63) is 68.3 Å². The highest BCUT2D eigenvalue weighted by Crippen LogP contribution is 2.33. The van der Waals surface area contributed by atoms with Gasteiger partial charge in [0.2, 0.25) is 5.91 Å². The predicted octanol–water partition coefficient (Wildman–Crippen LogP) is 2.23. The van der Waals surface area contributed by atoms with E-state index in [-0.39, 0.29) is 30.1 Å². The first-order valence-corrected chi connectivity index (χ1v) is 11.2. The molecule has 0 aliphatic carbocycles. The van der Waals surface area contributed by atoms with Crippen molar-refractivity contribution in [1.29, 1.82) is 0 Å². The van der Waals surface area contributed by atoms with E-state index >= 15 is 0 Å². The van der Waals surface area contributed by atoms with Crippen molar-refractivity contribution >= 4 is 29.1 Å². The number of imidazole rings is 1. The zero-order valence-electron chi connectivity index (χ0n) is 19.4. The number of amides is 1. The van der Waals surface area contributed by atoms with E-state index in [0.29, 0.717) is 12.4 Å². The number of aromatic amines is 1. The number of carbonyl (C=O) groups excluding carboxylic acids is 2. The molecular weight excluding hydrogens is 438 g/mol. The molecule has 0 saturated heterocycles. The number of fused-ring (bicyclic) bond motifs is 2. The van der Waals surface area contributed by atoms with Gasteiger partial charge in [0.15, 0.2) is 11.2 Å². The highest BCUT2D eigenvalue weighted by atomic mass is 16.5. The number of nitrogens with zero attached hydrogens (tertiary/aromatic N) is 4. The lowest BCUT2D eigenvalue weighted by molar-refractivity contribution is -0.147. The van der Waals surface area contributed by atoms with Gasteiger partial charge >= 0.3 is 11.7 Å². The predicted molar refractivity (Wildman–Crippen MR) is 126 cm³/mol. The molecule has 178 valence electrons. The fourth-order valence-electron chi connectivity index (χ4n) is 4.22. The summed E-state index contributed by atoms with van der Waals surface area (Å²) in [5.74, 6) is -0.342. The molecule has 0 fully saturated rings. The molecule has 1 aliphatic rings. The Hall–Kier alpha value is -3.95. The Morgan fingerprint density at radius 3 is 2.71 bits per heavy atom. The van der Waals surface area contributed by atoms with Crippen LogP contribution in [-0.4, -0.2) is 35.9 Å². The van der Waals surface area contributed by atoms with Crippen molar-refractivity contribution in [2.75, 3.05) is 0 Å². The highest BCUT2D eigenvalue weighted by Gasteiger charge is 2.29. The molecule has 34 heavy (non-hydrogen) atoms. The van der Waals surface area contributed by atoms with Gasteiger partial charge in [0.1, 0.15) is 12.4 Å². The zero-order chi connectivity index (χ0) is 24.4. The number of hydrogen-bond donors (Lipinski definition) is 1. The third-order valence-electron chi connectivity index (χ3n) is 6.03. The molecule has 0 radical (unpaired) electrons. The number of H-pyrrole nitrogens is 1. The molecule has 0 bridgehead atoms. The Morgan fingerprint density at radius 1 is 1.21 bits per heavy atom. The van der Waals surface area contributed by atoms with Crippen molar-refractivity contribution in [2.24, 2.45) is 7.05 Å². The molecule has 3 heterocycles. The molecule has 1 aliphatic heterocycles. The molecule has 3 aromatic rings. The Kier molecular flexibility index (Phi) is 6.49. The average molecular weight is 466 g/mol. The van der Waals surface area contributed by atoms with Crippen LogP contribution in [0.1, 0.15) is 56.1 Å². The average Bonchev–Trinajstić information content (AvgIpc) is 3.14. The third-order valence-corrected chi connectivity index (χ3v) is 6.03. The van der Waals surface area contributed by atoms with Gasteiger partial charge in [-0.3, -0.25) is 23.9 Å². The third kappa shape index (κ3) is 4.30. The lowest BCUT2D eigenvalue weighted by Gasteiger charge is -2.32. The summed E-state index contributed by atoms with van der Waals surface area (Å²) >= 11 is 0. The summed E-state index contributed by atoms with van der Waals surface area (Å²) < 4.78 is 8.46. The first kappa shape index (κ1) is 23.2. The number of rotatable bonds is 7. The second kappa shape index (κ2) is 9.50. The second-order valence-electron chi connectivity index (χ2n) is 8.28. The van der Waals surface area contributed by atoms with Crippen LogP contribution < -0.4 is 11.2 Å². The Labute approximate surface area is 195 Å². The standard InChI is InChI=1S/C24H27N5O5/c1-4-5-11-29-22-21(23(32)26-24(29)33)27(3)19(25-22)14-34-20(31)13-18-17-9-7-6-8-16(17)10-12-28(18)15(2)30/h6-10,12,18H,4-5,11,13-14H2,1-3H3,(H,26,32,33). The van der Waals surface area contributed by atoms with E-state index in [0.717, 1.165) is 24.0 Å². The minimum Gasteiger partial charge on any atom is -0.457 e. The van der Waals surface area contributed by atoms with Gasteiger partial charge in [-0.25, -0.2) is 9.78 Å². The fourth-order valence-corrected chi connectivity index (χ4v) is 4.22. The van der Waals surface area contributed by atoms with Crippen molar-refractivity contribution in [2.45, 2.75) is 52.3 Å². The van der Waals surface area contributed by atoms with Gasteiger partial charge in [0.25, 0.3) is 5.56 Å². The summed E-state index contributed by atoms with van der Waals surface area (Å²) in [6, 6.07) is 7.10. The van der Waals surface area contributed by atoms with Gasteiger partial charge < -0.3 is 14.2 Å². The molecule has 1 atom stereocenters. The fraction of sp³-hybridized carbons (Fsp3) is 0.375. The maximum atomic E-state index is 12.8. The van der Waals surface area contributed by atoms with E-state index in [1.807, 2.05) is 37.3 Å². The number of hydrogen-bond acceptors (Lipinski definition) is 6. The summed E-state index contributed by atoms with van der Waals surface area (Å²) in [6.07, 6.45) is 5.11. The van der Waals surface area contributed by atoms with Crippen LogP contribution in [0.15, 0.2) is 40.1 Å². The van der Waals surface area contributed by atoms with Gasteiger partial charge in [-0.2, -0.15) is 0 Å². The minimum absolute atomic E-state index is 0.0351. The number of aromatic nitrogens is 4. The Bertz CT molecular complexity index is 1400. The van der Waals surface area contributed by atoms with Gasteiger partial charge in [-0.15, -0.1) is 0 Å². The first-order valence-electron chi connectivity index (χ1n) is 11.2. The van der Waals surface area contributed by atoms with Crippen LogP contribution in [0.2, 0.25) is 0 Å². The summed E-state index contributed by atoms with van der Waals surface area (Å²) in [7, 11) is 1.64. The smallest absolute Gasteiger partial charge is 0.330 e. The van der Waals surface area contributed by atoms with Crippen LogP contribution in [0.5, 0.6) is 0 Å². The molecule has 1 amide bonds. The minimum atomic E-state index is -0.539. The summed E-state index contributed by atoms with van der Waals surface area (Å²) in [5.41, 5.74) is 1.27. The van der Waals surface area contributed by atoms with Crippen LogP contribution in [0.25, 0.3) is 17.2 Å². The second-order valence-corrected chi connectivity index (χ2v) is 8.28. The molecule has 10 heteroatoms. The molecule has 1 N–H and O–H groups in total. The molecule has 1 unspecified atom stereocenters. The van der Waals surface area contributed by atoms with E-state index in [1.165, 1.54) is 21.0 Å². The van der Waals surface area contributed by atoms with Crippen LogP contribution in [0, 0.1) is 0 Å². The largest absolute Gasteiger partial charge is 0.457 e. The summed E-state index contributed by atoms with van der Waals surface area (Å²) in [4.78, 5) is 57.9. The monoisotopic (exact) mass is 465 g/mol. The molecule has 10 nitrogen and oxygen atoms in total. The summed E-state index contributed by atoms with van der Waals surface area (Å²) in [5, 5.41) is 0. The van der Waals surface area contributed by atoms with Gasteiger partial charge in [0.05, 0.1) is 12.5 Å². The van der Waals surface area contributed by atoms with Crippen LogP contribution in [-0.2, 0) is 34.5 Å². The van der Waals surface area contributed by atoms with Crippen molar-refractivity contribution in [3.63, 3.8) is 0 Å². The van der Waals surface area contributed by atoms with Gasteiger partial charge in [-0.05, 0) is 23.6 Å². The summed E-state index contributed by atoms with van der Waals surface area (Å²) in [6.45, 7) is 3.71. The molecular formula is C24H27N5O5. The van der Waals surface area contributed by atoms with Crippen molar-refractivity contribution in [3.8, 4) is 0 Å². The van der Waals surface area contributed by atoms with E-state index in [9.17, 15) is 19.2 Å². The quantitative estimate of drug-likeness (QED) is 0.535. The number of nitrogens with one attached hydrogen (secondary N) is 1. The Balaban J connectivity index is 1.56. The molecule has 0 spiro atoms. The van der Waals surface area contributed by atoms with E-state index in [1.54, 1.807) is 13.2 Å². The molecule has 2 aromatic heterocycles. The molecule has 1 aromatic carbocycles. The van der Waals surface area contributed by atoms with E-state index in [4.69, 9.17) is 4.74 Å².